The zero-order chi connectivity index (χ0) is 11.4. The predicted octanol–water partition coefficient (Wildman–Crippen LogP) is 2.94. The summed E-state index contributed by atoms with van der Waals surface area (Å²) in [7, 11) is 0. The van der Waals surface area contributed by atoms with Crippen LogP contribution in [0.15, 0.2) is 18.2 Å². The highest BCUT2D eigenvalue weighted by atomic mass is 19.1. The average molecular weight is 210 g/mol. The first-order chi connectivity index (χ1) is 7.04. The van der Waals surface area contributed by atoms with Crippen LogP contribution in [-0.4, -0.2) is 11.7 Å². The maximum Gasteiger partial charge on any atom is 0.126 e. The van der Waals surface area contributed by atoms with Gasteiger partial charge >= 0.3 is 0 Å². The molecule has 1 aromatic carbocycles. The van der Waals surface area contributed by atoms with E-state index in [0.29, 0.717) is 11.5 Å². The Morgan fingerprint density at radius 1 is 1.33 bits per heavy atom. The number of aryl methyl sites for hydroxylation is 1. The Morgan fingerprint density at radius 3 is 2.47 bits per heavy atom. The molecular weight excluding hydrogens is 191 g/mol. The number of halogens is 1. The molecule has 0 saturated heterocycles. The van der Waals surface area contributed by atoms with Gasteiger partial charge in [-0.3, -0.25) is 0 Å². The van der Waals surface area contributed by atoms with Crippen LogP contribution in [0.4, 0.5) is 4.39 Å². The Kier molecular flexibility index (Phi) is 4.28. The van der Waals surface area contributed by atoms with E-state index >= 15 is 0 Å². The monoisotopic (exact) mass is 210 g/mol. The molecule has 0 aliphatic heterocycles. The molecule has 1 rings (SSSR count). The van der Waals surface area contributed by atoms with Gasteiger partial charge in [0.15, 0.2) is 0 Å². The third kappa shape index (κ3) is 3.31. The summed E-state index contributed by atoms with van der Waals surface area (Å²) in [6, 6.07) is 5.16. The van der Waals surface area contributed by atoms with Crippen LogP contribution in [0.2, 0.25) is 0 Å². The SMILES string of the molecule is Cc1cc(CC(CO)C(C)C)ccc1F. The summed E-state index contributed by atoms with van der Waals surface area (Å²) in [5.74, 6) is 0.541. The van der Waals surface area contributed by atoms with E-state index in [1.165, 1.54) is 6.07 Å². The molecule has 1 nitrogen and oxygen atoms in total. The number of aliphatic hydroxyl groups excluding tert-OH is 1. The van der Waals surface area contributed by atoms with Gasteiger partial charge in [-0.25, -0.2) is 4.39 Å². The molecule has 0 spiro atoms. The standard InChI is InChI=1S/C13H19FO/c1-9(2)12(8-15)7-11-4-5-13(14)10(3)6-11/h4-6,9,12,15H,7-8H2,1-3H3. The zero-order valence-corrected chi connectivity index (χ0v) is 9.63. The lowest BCUT2D eigenvalue weighted by atomic mass is 9.89. The van der Waals surface area contributed by atoms with Crippen LogP contribution in [-0.2, 0) is 6.42 Å². The minimum atomic E-state index is -0.163. The zero-order valence-electron chi connectivity index (χ0n) is 9.63. The summed E-state index contributed by atoms with van der Waals surface area (Å²) in [5, 5.41) is 9.21. The second kappa shape index (κ2) is 5.26. The van der Waals surface area contributed by atoms with Crippen molar-refractivity contribution in [2.75, 3.05) is 6.61 Å². The maximum absolute atomic E-state index is 13.0. The summed E-state index contributed by atoms with van der Waals surface area (Å²) in [5.41, 5.74) is 1.77. The van der Waals surface area contributed by atoms with Crippen LogP contribution in [0.25, 0.3) is 0 Å². The Morgan fingerprint density at radius 2 is 2.00 bits per heavy atom. The second-order valence-electron chi connectivity index (χ2n) is 4.47. The molecule has 0 aliphatic carbocycles. The summed E-state index contributed by atoms with van der Waals surface area (Å²) >= 11 is 0. The molecule has 0 bridgehead atoms. The normalized spacial score (nSPS) is 13.2. The second-order valence-corrected chi connectivity index (χ2v) is 4.47. The number of hydrogen-bond donors (Lipinski definition) is 1. The van der Waals surface area contributed by atoms with Gasteiger partial charge in [0.2, 0.25) is 0 Å². The topological polar surface area (TPSA) is 20.2 Å². The van der Waals surface area contributed by atoms with Crippen molar-refractivity contribution in [3.8, 4) is 0 Å². The molecular formula is C13H19FO. The first-order valence-electron chi connectivity index (χ1n) is 5.40. The first kappa shape index (κ1) is 12.2. The van der Waals surface area contributed by atoms with E-state index < -0.39 is 0 Å². The Hall–Kier alpha value is -0.890. The van der Waals surface area contributed by atoms with Crippen LogP contribution in [0.1, 0.15) is 25.0 Å². The smallest absolute Gasteiger partial charge is 0.126 e. The van der Waals surface area contributed by atoms with Crippen molar-refractivity contribution in [2.24, 2.45) is 11.8 Å². The molecule has 1 atom stereocenters. The van der Waals surface area contributed by atoms with Crippen molar-refractivity contribution in [3.63, 3.8) is 0 Å². The lowest BCUT2D eigenvalue weighted by Gasteiger charge is -2.18. The summed E-state index contributed by atoms with van der Waals surface area (Å²) in [6.07, 6.45) is 0.815. The van der Waals surface area contributed by atoms with Crippen LogP contribution in [0, 0.1) is 24.6 Å². The van der Waals surface area contributed by atoms with E-state index in [-0.39, 0.29) is 18.3 Å². The molecule has 2 heteroatoms. The Labute approximate surface area is 90.9 Å². The molecule has 0 aromatic heterocycles. The lowest BCUT2D eigenvalue weighted by Crippen LogP contribution is -2.16. The molecule has 1 aromatic rings. The van der Waals surface area contributed by atoms with Crippen molar-refractivity contribution < 1.29 is 9.50 Å². The third-order valence-corrected chi connectivity index (χ3v) is 2.90. The summed E-state index contributed by atoms with van der Waals surface area (Å²) < 4.78 is 13.0. The van der Waals surface area contributed by atoms with Gasteiger partial charge in [0.05, 0.1) is 0 Å². The lowest BCUT2D eigenvalue weighted by molar-refractivity contribution is 0.189. The van der Waals surface area contributed by atoms with Crippen molar-refractivity contribution >= 4 is 0 Å². The molecule has 0 aliphatic rings. The highest BCUT2D eigenvalue weighted by Crippen LogP contribution is 2.18. The van der Waals surface area contributed by atoms with Crippen molar-refractivity contribution in [1.29, 1.82) is 0 Å². The summed E-state index contributed by atoms with van der Waals surface area (Å²) in [6.45, 7) is 6.14. The molecule has 0 amide bonds. The Balaban J connectivity index is 2.75. The molecule has 1 unspecified atom stereocenters. The highest BCUT2D eigenvalue weighted by molar-refractivity contribution is 5.24. The molecule has 0 radical (unpaired) electrons. The van der Waals surface area contributed by atoms with Gasteiger partial charge in [-0.15, -0.1) is 0 Å². The molecule has 15 heavy (non-hydrogen) atoms. The minimum absolute atomic E-state index is 0.163. The first-order valence-corrected chi connectivity index (χ1v) is 5.40. The maximum atomic E-state index is 13.0. The number of hydrogen-bond acceptors (Lipinski definition) is 1. The van der Waals surface area contributed by atoms with Gasteiger partial charge in [0.1, 0.15) is 5.82 Å². The van der Waals surface area contributed by atoms with Gasteiger partial charge in [0.25, 0.3) is 0 Å². The van der Waals surface area contributed by atoms with E-state index in [4.69, 9.17) is 0 Å². The van der Waals surface area contributed by atoms with Gasteiger partial charge in [-0.2, -0.15) is 0 Å². The highest BCUT2D eigenvalue weighted by Gasteiger charge is 2.13. The molecule has 0 fully saturated rings. The average Bonchev–Trinajstić information content (AvgIpc) is 2.19. The fourth-order valence-corrected chi connectivity index (χ4v) is 1.65. The van der Waals surface area contributed by atoms with Gasteiger partial charge < -0.3 is 5.11 Å². The van der Waals surface area contributed by atoms with E-state index in [9.17, 15) is 9.50 Å². The number of aliphatic hydroxyl groups is 1. The van der Waals surface area contributed by atoms with Gasteiger partial charge in [-0.05, 0) is 42.4 Å². The molecule has 0 heterocycles. The third-order valence-electron chi connectivity index (χ3n) is 2.90. The van der Waals surface area contributed by atoms with Crippen LogP contribution >= 0.6 is 0 Å². The van der Waals surface area contributed by atoms with E-state index in [2.05, 4.69) is 13.8 Å². The van der Waals surface area contributed by atoms with Gasteiger partial charge in [0, 0.05) is 6.61 Å². The Bertz CT molecular complexity index is 320. The number of benzene rings is 1. The van der Waals surface area contributed by atoms with Crippen molar-refractivity contribution in [1.82, 2.24) is 0 Å². The van der Waals surface area contributed by atoms with Crippen LogP contribution in [0.3, 0.4) is 0 Å². The summed E-state index contributed by atoms with van der Waals surface area (Å²) in [4.78, 5) is 0. The van der Waals surface area contributed by atoms with E-state index in [1.807, 2.05) is 6.07 Å². The predicted molar refractivity (Wildman–Crippen MR) is 60.3 cm³/mol. The van der Waals surface area contributed by atoms with Gasteiger partial charge in [-0.1, -0.05) is 26.0 Å². The molecule has 84 valence electrons. The minimum Gasteiger partial charge on any atom is -0.396 e. The fraction of sp³-hybridized carbons (Fsp3) is 0.538. The van der Waals surface area contributed by atoms with E-state index in [1.54, 1.807) is 13.0 Å². The largest absolute Gasteiger partial charge is 0.396 e. The molecule has 1 N–H and O–H groups in total. The number of rotatable bonds is 4. The van der Waals surface area contributed by atoms with Crippen molar-refractivity contribution in [2.45, 2.75) is 27.2 Å². The van der Waals surface area contributed by atoms with Crippen molar-refractivity contribution in [3.05, 3.63) is 35.1 Å². The van der Waals surface area contributed by atoms with E-state index in [0.717, 1.165) is 12.0 Å². The van der Waals surface area contributed by atoms with Crippen LogP contribution in [0.5, 0.6) is 0 Å². The quantitative estimate of drug-likeness (QED) is 0.810. The fourth-order valence-electron chi connectivity index (χ4n) is 1.65. The van der Waals surface area contributed by atoms with Crippen LogP contribution < -0.4 is 0 Å². The molecule has 0 saturated carbocycles.